The third-order valence-electron chi connectivity index (χ3n) is 5.19. The Bertz CT molecular complexity index is 1100. The van der Waals surface area contributed by atoms with E-state index >= 15 is 0 Å². The maximum absolute atomic E-state index is 4.48. The van der Waals surface area contributed by atoms with Gasteiger partial charge in [0, 0.05) is 65.8 Å². The molecular weight excluding hydrogens is 584 g/mol. The van der Waals surface area contributed by atoms with Crippen LogP contribution in [0.3, 0.4) is 0 Å². The summed E-state index contributed by atoms with van der Waals surface area (Å²) in [7, 11) is -0.302. The maximum Gasteiger partial charge on any atom is 0.234 e. The second-order valence-corrected chi connectivity index (χ2v) is 13.1. The summed E-state index contributed by atoms with van der Waals surface area (Å²) in [6.45, 7) is 14.1. The van der Waals surface area contributed by atoms with Crippen LogP contribution in [0, 0.1) is 0 Å². The summed E-state index contributed by atoms with van der Waals surface area (Å²) in [5.74, 6) is 0.687. The molecule has 0 unspecified atom stereocenters. The molecule has 0 bridgehead atoms. The van der Waals surface area contributed by atoms with Crippen molar-refractivity contribution in [2.45, 2.75) is 13.8 Å². The molecule has 0 saturated heterocycles. The molecule has 3 aromatic heterocycles. The van der Waals surface area contributed by atoms with Crippen molar-refractivity contribution < 1.29 is 19.8 Å². The molecular formula is C23H30N4OsP2+2. The van der Waals surface area contributed by atoms with Crippen molar-refractivity contribution in [3.8, 4) is 11.4 Å². The summed E-state index contributed by atoms with van der Waals surface area (Å²) in [6, 6.07) is 12.1. The van der Waals surface area contributed by atoms with Gasteiger partial charge in [-0.1, -0.05) is 24.3 Å². The predicted octanol–water partition coefficient (Wildman–Crippen LogP) is 6.13. The second kappa shape index (κ2) is 11.2. The first kappa shape index (κ1) is 24.8. The van der Waals surface area contributed by atoms with Crippen LogP contribution in [0.1, 0.15) is 13.8 Å². The van der Waals surface area contributed by atoms with Gasteiger partial charge in [-0.15, -0.1) is 0 Å². The van der Waals surface area contributed by atoms with Gasteiger partial charge in [-0.05, 0) is 31.4 Å². The normalized spacial score (nSPS) is 11.9. The zero-order valence-electron chi connectivity index (χ0n) is 18.4. The van der Waals surface area contributed by atoms with Gasteiger partial charge < -0.3 is 0 Å². The number of hydrogen-bond donors (Lipinski definition) is 0. The molecule has 7 heteroatoms. The average Bonchev–Trinajstić information content (AvgIpc) is 3.17. The smallest absolute Gasteiger partial charge is 0.234 e. The van der Waals surface area contributed by atoms with Crippen LogP contribution in [0.4, 0.5) is 0 Å². The van der Waals surface area contributed by atoms with Gasteiger partial charge in [-0.3, -0.25) is 9.38 Å². The third kappa shape index (κ3) is 6.01. The number of fused-ring (bicyclic) bond motifs is 2. The van der Waals surface area contributed by atoms with E-state index in [-0.39, 0.29) is 35.6 Å². The Kier molecular flexibility index (Phi) is 9.24. The van der Waals surface area contributed by atoms with E-state index in [1.54, 1.807) is 16.8 Å². The monoisotopic (exact) mass is 616 g/mol. The molecule has 0 atom stereocenters. The Hall–Kier alpha value is -1.51. The molecule has 0 spiro atoms. The predicted molar refractivity (Wildman–Crippen MR) is 132 cm³/mol. The van der Waals surface area contributed by atoms with Crippen molar-refractivity contribution in [2.75, 3.05) is 26.7 Å². The third-order valence-corrected chi connectivity index (χ3v) is 9.19. The summed E-state index contributed by atoms with van der Waals surface area (Å²) in [4.78, 5) is 13.2. The van der Waals surface area contributed by atoms with Crippen molar-refractivity contribution in [3.05, 3.63) is 71.8 Å². The minimum Gasteiger partial charge on any atom is -0.290 e. The van der Waals surface area contributed by atoms with Crippen LogP contribution in [0.5, 0.6) is 0 Å². The fourth-order valence-electron chi connectivity index (χ4n) is 2.93. The number of pyridine rings is 1. The minimum absolute atomic E-state index is 0. The summed E-state index contributed by atoms with van der Waals surface area (Å²) in [6.07, 6.45) is 7.49. The number of rotatable bonds is 3. The summed E-state index contributed by atoms with van der Waals surface area (Å²) in [5, 5.41) is 5.69. The Morgan fingerprint density at radius 2 is 1.47 bits per heavy atom. The van der Waals surface area contributed by atoms with E-state index in [4.69, 9.17) is 0 Å². The Morgan fingerprint density at radius 1 is 0.833 bits per heavy atom. The second-order valence-electron chi connectivity index (χ2n) is 7.62. The van der Waals surface area contributed by atoms with Crippen molar-refractivity contribution in [1.29, 1.82) is 0 Å². The van der Waals surface area contributed by atoms with E-state index in [1.165, 1.54) is 0 Å². The number of nitrogens with zero attached hydrogens (tertiary/aromatic N) is 4. The van der Waals surface area contributed by atoms with Crippen molar-refractivity contribution in [3.63, 3.8) is 0 Å². The van der Waals surface area contributed by atoms with Crippen LogP contribution >= 0.6 is 15.8 Å². The maximum atomic E-state index is 4.48. The van der Waals surface area contributed by atoms with Crippen molar-refractivity contribution >= 4 is 32.4 Å². The van der Waals surface area contributed by atoms with Gasteiger partial charge >= 0.3 is 0 Å². The fraction of sp³-hybridized carbons (Fsp3) is 0.261. The number of aromatic nitrogens is 4. The van der Waals surface area contributed by atoms with Crippen LogP contribution in [0.25, 0.3) is 27.9 Å². The van der Waals surface area contributed by atoms with Crippen LogP contribution in [0.15, 0.2) is 71.8 Å². The number of benzene rings is 1. The number of allylic oxidation sites excluding steroid dienone is 2. The molecule has 0 amide bonds. The average molecular weight is 615 g/mol. The van der Waals surface area contributed by atoms with Crippen LogP contribution in [-0.2, 0) is 19.8 Å². The fourth-order valence-corrected chi connectivity index (χ4v) is 5.93. The number of imidazole rings is 1. The van der Waals surface area contributed by atoms with Gasteiger partial charge in [0.05, 0.1) is 32.4 Å². The zero-order chi connectivity index (χ0) is 21.0. The molecule has 4 rings (SSSR count). The quantitative estimate of drug-likeness (QED) is 0.261. The van der Waals surface area contributed by atoms with Gasteiger partial charge in [-0.2, -0.15) is 0 Å². The van der Waals surface area contributed by atoms with Gasteiger partial charge in [0.1, 0.15) is 16.3 Å². The molecule has 0 saturated carbocycles. The first-order chi connectivity index (χ1) is 13.9. The van der Waals surface area contributed by atoms with E-state index in [1.807, 2.05) is 41.2 Å². The molecule has 0 aliphatic carbocycles. The Balaban J connectivity index is 0.000000253. The molecule has 0 radical (unpaired) electrons. The first-order valence-corrected chi connectivity index (χ1v) is 14.8. The van der Waals surface area contributed by atoms with Crippen LogP contribution < -0.4 is 0 Å². The summed E-state index contributed by atoms with van der Waals surface area (Å²) < 4.78 is 1.90. The van der Waals surface area contributed by atoms with E-state index in [0.29, 0.717) is 5.78 Å². The van der Waals surface area contributed by atoms with Crippen molar-refractivity contribution in [2.24, 2.45) is 0 Å². The molecule has 0 fully saturated rings. The molecule has 3 heterocycles. The minimum atomic E-state index is -0.151. The summed E-state index contributed by atoms with van der Waals surface area (Å²) >= 11 is 0. The van der Waals surface area contributed by atoms with Gasteiger partial charge in [0.2, 0.25) is 5.78 Å². The Labute approximate surface area is 194 Å². The molecule has 30 heavy (non-hydrogen) atoms. The molecule has 1 aromatic carbocycles. The van der Waals surface area contributed by atoms with Gasteiger partial charge in [0.15, 0.2) is 0 Å². The van der Waals surface area contributed by atoms with Crippen molar-refractivity contribution in [1.82, 2.24) is 19.4 Å². The standard InChI is InChI=1S/C15H10N4.C8H18P2.Os/c1-2-5-12-9-17-13(8-11(12)4-1)14-10-19-7-3-6-16-15(19)18-14;1-7(9(3)4)8(2)10(5)6;/h1-10H;1-6H3;/p+2/b;8-7-;. The van der Waals surface area contributed by atoms with Gasteiger partial charge in [0.25, 0.3) is 0 Å². The number of hydrogen-bond acceptors (Lipinski definition) is 3. The zero-order valence-corrected chi connectivity index (χ0v) is 23.0. The van der Waals surface area contributed by atoms with Gasteiger partial charge in [-0.25, -0.2) is 9.97 Å². The van der Waals surface area contributed by atoms with E-state index in [2.05, 4.69) is 73.7 Å². The Morgan fingerprint density at radius 3 is 2.07 bits per heavy atom. The first-order valence-electron chi connectivity index (χ1n) is 9.80. The molecule has 4 nitrogen and oxygen atoms in total. The van der Waals surface area contributed by atoms with E-state index in [0.717, 1.165) is 22.2 Å². The molecule has 158 valence electrons. The summed E-state index contributed by atoms with van der Waals surface area (Å²) in [5.41, 5.74) is 1.70. The largest absolute Gasteiger partial charge is 0.290 e. The molecule has 0 N–H and O–H groups in total. The molecule has 0 aliphatic rings. The van der Waals surface area contributed by atoms with E-state index in [9.17, 15) is 0 Å². The topological polar surface area (TPSA) is 43.1 Å². The van der Waals surface area contributed by atoms with Crippen LogP contribution in [-0.4, -0.2) is 46.0 Å². The van der Waals surface area contributed by atoms with Crippen LogP contribution in [0.2, 0.25) is 0 Å². The van der Waals surface area contributed by atoms with E-state index < -0.39 is 0 Å². The SMILES string of the molecule is C/C(=C(\C)[PH+](C)C)[PH+](C)C.[Os].c1ccc2cc(-c3cn4cccnc4n3)ncc2c1. The molecule has 0 aliphatic heterocycles. The molecule has 4 aromatic rings.